The molecule has 1 aromatic rings. The number of nitrogens with zero attached hydrogens (tertiary/aromatic N) is 2. The van der Waals surface area contributed by atoms with Crippen molar-refractivity contribution in [2.75, 3.05) is 45.0 Å². The zero-order valence-corrected chi connectivity index (χ0v) is 14.0. The lowest BCUT2D eigenvalue weighted by molar-refractivity contribution is 0.144. The largest absolute Gasteiger partial charge is 0.301 e. The fourth-order valence-corrected chi connectivity index (χ4v) is 4.10. The van der Waals surface area contributed by atoms with Gasteiger partial charge < -0.3 is 4.90 Å². The summed E-state index contributed by atoms with van der Waals surface area (Å²) in [4.78, 5) is 5.00. The SMILES string of the molecule is C#CCN1CCN(CCCS(=O)(=O)c2cccc(C)c2)CC1. The molecular formula is C17H24N2O2S. The summed E-state index contributed by atoms with van der Waals surface area (Å²) in [6.07, 6.45) is 5.99. The van der Waals surface area contributed by atoms with Crippen molar-refractivity contribution < 1.29 is 8.42 Å². The van der Waals surface area contributed by atoms with Gasteiger partial charge in [0.2, 0.25) is 0 Å². The summed E-state index contributed by atoms with van der Waals surface area (Å²) >= 11 is 0. The molecule has 0 spiro atoms. The maximum atomic E-state index is 12.3. The molecule has 0 bridgehead atoms. The quantitative estimate of drug-likeness (QED) is 0.743. The number of sulfone groups is 1. The van der Waals surface area contributed by atoms with Crippen molar-refractivity contribution >= 4 is 9.84 Å². The molecule has 1 heterocycles. The molecule has 1 fully saturated rings. The minimum absolute atomic E-state index is 0.209. The van der Waals surface area contributed by atoms with Crippen molar-refractivity contribution in [3.8, 4) is 12.3 Å². The second-order valence-corrected chi connectivity index (χ2v) is 7.92. The van der Waals surface area contributed by atoms with Crippen LogP contribution in [-0.4, -0.2) is 63.2 Å². The van der Waals surface area contributed by atoms with Crippen LogP contribution in [0.4, 0.5) is 0 Å². The van der Waals surface area contributed by atoms with Crippen LogP contribution >= 0.6 is 0 Å². The summed E-state index contributed by atoms with van der Waals surface area (Å²) in [5, 5.41) is 0. The summed E-state index contributed by atoms with van der Waals surface area (Å²) in [5.41, 5.74) is 0.978. The number of piperazine rings is 1. The molecule has 22 heavy (non-hydrogen) atoms. The van der Waals surface area contributed by atoms with Crippen molar-refractivity contribution in [1.82, 2.24) is 9.80 Å². The fourth-order valence-electron chi connectivity index (χ4n) is 2.70. The highest BCUT2D eigenvalue weighted by Gasteiger charge is 2.18. The molecule has 1 aliphatic rings. The molecule has 0 aromatic heterocycles. The lowest BCUT2D eigenvalue weighted by Crippen LogP contribution is -2.46. The van der Waals surface area contributed by atoms with Gasteiger partial charge in [0.05, 0.1) is 17.2 Å². The van der Waals surface area contributed by atoms with Gasteiger partial charge in [0.15, 0.2) is 9.84 Å². The van der Waals surface area contributed by atoms with Gasteiger partial charge in [-0.2, -0.15) is 0 Å². The van der Waals surface area contributed by atoms with E-state index in [4.69, 9.17) is 6.42 Å². The molecule has 0 N–H and O–H groups in total. The van der Waals surface area contributed by atoms with Gasteiger partial charge in [-0.15, -0.1) is 6.42 Å². The number of hydrogen-bond donors (Lipinski definition) is 0. The van der Waals surface area contributed by atoms with Crippen molar-refractivity contribution in [3.05, 3.63) is 29.8 Å². The van der Waals surface area contributed by atoms with Gasteiger partial charge in [-0.25, -0.2) is 8.42 Å². The summed E-state index contributed by atoms with van der Waals surface area (Å²) in [5.74, 6) is 2.88. The highest BCUT2D eigenvalue weighted by molar-refractivity contribution is 7.91. The Kier molecular flexibility index (Phi) is 6.01. The summed E-state index contributed by atoms with van der Waals surface area (Å²) in [6.45, 7) is 7.31. The predicted molar refractivity (Wildman–Crippen MR) is 89.6 cm³/mol. The van der Waals surface area contributed by atoms with Crippen LogP contribution in [0.5, 0.6) is 0 Å². The molecule has 1 saturated heterocycles. The molecule has 0 amide bonds. The van der Waals surface area contributed by atoms with Gasteiger partial charge in [0.1, 0.15) is 0 Å². The van der Waals surface area contributed by atoms with Crippen LogP contribution < -0.4 is 0 Å². The van der Waals surface area contributed by atoms with Gasteiger partial charge >= 0.3 is 0 Å². The molecule has 120 valence electrons. The second kappa shape index (κ2) is 7.77. The van der Waals surface area contributed by atoms with E-state index < -0.39 is 9.84 Å². The monoisotopic (exact) mass is 320 g/mol. The number of hydrogen-bond acceptors (Lipinski definition) is 4. The van der Waals surface area contributed by atoms with Gasteiger partial charge in [-0.1, -0.05) is 18.1 Å². The van der Waals surface area contributed by atoms with E-state index in [0.717, 1.165) is 38.3 Å². The number of terminal acetylenes is 1. The Morgan fingerprint density at radius 1 is 1.18 bits per heavy atom. The van der Waals surface area contributed by atoms with Gasteiger partial charge in [-0.3, -0.25) is 4.90 Å². The summed E-state index contributed by atoms with van der Waals surface area (Å²) in [7, 11) is -3.17. The minimum Gasteiger partial charge on any atom is -0.301 e. The Hall–Kier alpha value is -1.35. The number of rotatable bonds is 6. The van der Waals surface area contributed by atoms with Crippen LogP contribution in [0.1, 0.15) is 12.0 Å². The molecule has 0 saturated carbocycles. The third kappa shape index (κ3) is 4.84. The molecule has 4 nitrogen and oxygen atoms in total. The normalized spacial score (nSPS) is 17.3. The van der Waals surface area contributed by atoms with Crippen molar-refractivity contribution in [1.29, 1.82) is 0 Å². The van der Waals surface area contributed by atoms with E-state index in [1.165, 1.54) is 0 Å². The van der Waals surface area contributed by atoms with E-state index in [1.807, 2.05) is 13.0 Å². The first-order chi connectivity index (χ1) is 10.5. The number of aryl methyl sites for hydroxylation is 1. The molecule has 0 atom stereocenters. The predicted octanol–water partition coefficient (Wildman–Crippen LogP) is 1.41. The van der Waals surface area contributed by atoms with Crippen molar-refractivity contribution in [2.24, 2.45) is 0 Å². The Morgan fingerprint density at radius 2 is 1.86 bits per heavy atom. The molecule has 2 rings (SSSR count). The van der Waals surface area contributed by atoms with Gasteiger partial charge in [0.25, 0.3) is 0 Å². The Bertz CT molecular complexity index is 626. The Morgan fingerprint density at radius 3 is 2.50 bits per heavy atom. The van der Waals surface area contributed by atoms with E-state index in [-0.39, 0.29) is 5.75 Å². The highest BCUT2D eigenvalue weighted by Crippen LogP contribution is 2.14. The van der Waals surface area contributed by atoms with Crippen LogP contribution in [0.3, 0.4) is 0 Å². The average molecular weight is 320 g/mol. The highest BCUT2D eigenvalue weighted by atomic mass is 32.2. The lowest BCUT2D eigenvalue weighted by atomic mass is 10.2. The third-order valence-corrected chi connectivity index (χ3v) is 5.81. The van der Waals surface area contributed by atoms with Crippen LogP contribution in [-0.2, 0) is 9.84 Å². The minimum atomic E-state index is -3.17. The van der Waals surface area contributed by atoms with E-state index in [2.05, 4.69) is 15.7 Å². The first-order valence-corrected chi connectivity index (χ1v) is 9.34. The van der Waals surface area contributed by atoms with Gasteiger partial charge in [-0.05, 0) is 37.6 Å². The Balaban J connectivity index is 1.78. The first-order valence-electron chi connectivity index (χ1n) is 7.69. The van der Waals surface area contributed by atoms with Crippen LogP contribution in [0.2, 0.25) is 0 Å². The molecule has 0 aliphatic carbocycles. The molecule has 1 aromatic carbocycles. The summed E-state index contributed by atoms with van der Waals surface area (Å²) < 4.78 is 24.6. The van der Waals surface area contributed by atoms with E-state index in [0.29, 0.717) is 17.9 Å². The topological polar surface area (TPSA) is 40.6 Å². The molecule has 0 unspecified atom stereocenters. The number of benzene rings is 1. The first kappa shape index (κ1) is 17.0. The second-order valence-electron chi connectivity index (χ2n) is 5.81. The molecule has 1 aliphatic heterocycles. The fraction of sp³-hybridized carbons (Fsp3) is 0.529. The molecule has 0 radical (unpaired) electrons. The smallest absolute Gasteiger partial charge is 0.178 e. The van der Waals surface area contributed by atoms with Gasteiger partial charge in [0, 0.05) is 26.2 Å². The Labute approximate surface area is 134 Å². The maximum Gasteiger partial charge on any atom is 0.178 e. The zero-order valence-electron chi connectivity index (χ0n) is 13.2. The molecule has 5 heteroatoms. The van der Waals surface area contributed by atoms with Crippen molar-refractivity contribution in [3.63, 3.8) is 0 Å². The third-order valence-electron chi connectivity index (χ3n) is 4.02. The van der Waals surface area contributed by atoms with E-state index in [1.54, 1.807) is 18.2 Å². The van der Waals surface area contributed by atoms with Crippen LogP contribution in [0.25, 0.3) is 0 Å². The van der Waals surface area contributed by atoms with Crippen LogP contribution in [0, 0.1) is 19.3 Å². The molecular weight excluding hydrogens is 296 g/mol. The maximum absolute atomic E-state index is 12.3. The van der Waals surface area contributed by atoms with Crippen molar-refractivity contribution in [2.45, 2.75) is 18.2 Å². The standard InChI is InChI=1S/C17H24N2O2S/c1-3-8-18-10-12-19(13-11-18)9-5-14-22(20,21)17-7-4-6-16(2)15-17/h1,4,6-7,15H,5,8-14H2,2H3. The average Bonchev–Trinajstić information content (AvgIpc) is 2.49. The zero-order chi connectivity index (χ0) is 16.0. The van der Waals surface area contributed by atoms with E-state index >= 15 is 0 Å². The van der Waals surface area contributed by atoms with E-state index in [9.17, 15) is 8.42 Å². The van der Waals surface area contributed by atoms with Crippen LogP contribution in [0.15, 0.2) is 29.2 Å². The lowest BCUT2D eigenvalue weighted by Gasteiger charge is -2.33. The summed E-state index contributed by atoms with van der Waals surface area (Å²) in [6, 6.07) is 7.14.